The first-order valence-corrected chi connectivity index (χ1v) is 7.72. The lowest BCUT2D eigenvalue weighted by Crippen LogP contribution is -2.10. The molecule has 3 aromatic rings. The normalized spacial score (nSPS) is 10.9. The van der Waals surface area contributed by atoms with E-state index in [9.17, 15) is 13.6 Å². The molecular formula is C17H15F2N5O3. The molecule has 0 aliphatic rings. The molecule has 0 aromatic carbocycles. The zero-order chi connectivity index (χ0) is 19.6. The van der Waals surface area contributed by atoms with E-state index in [1.54, 1.807) is 24.0 Å². The second-order valence-corrected chi connectivity index (χ2v) is 5.43. The van der Waals surface area contributed by atoms with Crippen LogP contribution in [0.25, 0.3) is 22.6 Å². The fourth-order valence-corrected chi connectivity index (χ4v) is 2.42. The Morgan fingerprint density at radius 2 is 1.96 bits per heavy atom. The van der Waals surface area contributed by atoms with Crippen LogP contribution in [0.1, 0.15) is 22.6 Å². The highest BCUT2D eigenvalue weighted by Gasteiger charge is 2.23. The largest absolute Gasteiger partial charge is 0.494 e. The fraction of sp³-hybridized carbons (Fsp3) is 0.235. The predicted molar refractivity (Wildman–Crippen MR) is 90.3 cm³/mol. The number of carbonyl (C=O) groups is 1. The van der Waals surface area contributed by atoms with Crippen LogP contribution in [0.4, 0.5) is 8.78 Å². The molecule has 140 valence electrons. The van der Waals surface area contributed by atoms with Gasteiger partial charge in [-0.3, -0.25) is 9.67 Å². The van der Waals surface area contributed by atoms with Crippen LogP contribution >= 0.6 is 0 Å². The summed E-state index contributed by atoms with van der Waals surface area (Å²) in [6.07, 6.45) is 1.42. The van der Waals surface area contributed by atoms with E-state index in [1.165, 1.54) is 20.4 Å². The van der Waals surface area contributed by atoms with Gasteiger partial charge in [-0.15, -0.1) is 0 Å². The van der Waals surface area contributed by atoms with Crippen molar-refractivity contribution in [1.82, 2.24) is 24.7 Å². The van der Waals surface area contributed by atoms with Gasteiger partial charge in [-0.1, -0.05) is 0 Å². The van der Waals surface area contributed by atoms with Gasteiger partial charge in [-0.2, -0.15) is 5.10 Å². The van der Waals surface area contributed by atoms with Gasteiger partial charge in [0.2, 0.25) is 0 Å². The summed E-state index contributed by atoms with van der Waals surface area (Å²) in [6, 6.07) is 2.82. The summed E-state index contributed by atoms with van der Waals surface area (Å²) < 4.78 is 37.8. The highest BCUT2D eigenvalue weighted by atomic mass is 19.3. The quantitative estimate of drug-likeness (QED) is 0.633. The number of hydrogen-bond donors (Lipinski definition) is 0. The number of methoxy groups -OCH3 is 2. The van der Waals surface area contributed by atoms with Crippen molar-refractivity contribution in [2.45, 2.75) is 6.43 Å². The van der Waals surface area contributed by atoms with E-state index in [0.717, 1.165) is 12.3 Å². The first-order valence-electron chi connectivity index (χ1n) is 7.72. The molecule has 0 N–H and O–H groups in total. The van der Waals surface area contributed by atoms with Crippen molar-refractivity contribution >= 4 is 5.97 Å². The number of nitrogens with zero attached hydrogens (tertiary/aromatic N) is 5. The lowest BCUT2D eigenvalue weighted by atomic mass is 10.1. The number of aromatic nitrogens is 5. The van der Waals surface area contributed by atoms with Crippen LogP contribution in [0, 0.1) is 0 Å². The zero-order valence-electron chi connectivity index (χ0n) is 14.7. The third kappa shape index (κ3) is 3.59. The molecule has 0 saturated carbocycles. The summed E-state index contributed by atoms with van der Waals surface area (Å²) in [6.45, 7) is 0. The van der Waals surface area contributed by atoms with Gasteiger partial charge in [-0.25, -0.2) is 23.5 Å². The van der Waals surface area contributed by atoms with E-state index in [1.807, 2.05) is 0 Å². The number of alkyl halides is 2. The summed E-state index contributed by atoms with van der Waals surface area (Å²) >= 11 is 0. The van der Waals surface area contributed by atoms with Gasteiger partial charge >= 0.3 is 5.97 Å². The number of hydrogen-bond acceptors (Lipinski definition) is 7. The monoisotopic (exact) mass is 375 g/mol. The maximum atomic E-state index is 13.1. The number of halogens is 2. The summed E-state index contributed by atoms with van der Waals surface area (Å²) in [5.74, 6) is -0.598. The molecule has 3 heterocycles. The molecule has 3 rings (SSSR count). The summed E-state index contributed by atoms with van der Waals surface area (Å²) in [5.41, 5.74) is 0.425. The molecule has 10 heteroatoms. The van der Waals surface area contributed by atoms with E-state index in [-0.39, 0.29) is 22.7 Å². The van der Waals surface area contributed by atoms with Crippen molar-refractivity contribution in [2.75, 3.05) is 14.2 Å². The minimum atomic E-state index is -2.80. The number of aryl methyl sites for hydroxylation is 1. The fourth-order valence-electron chi connectivity index (χ4n) is 2.42. The molecule has 0 radical (unpaired) electrons. The average Bonchev–Trinajstić information content (AvgIpc) is 3.12. The maximum Gasteiger partial charge on any atom is 0.358 e. The standard InChI is InChI=1S/C17H15F2N5O3/c1-24-5-4-10(23-24)12-7-21-15(17(25)27-3)14(22-12)9-6-11(16(18)19)20-8-13(9)26-2/h4-8,16H,1-3H3. The highest BCUT2D eigenvalue weighted by Crippen LogP contribution is 2.34. The second-order valence-electron chi connectivity index (χ2n) is 5.43. The summed E-state index contributed by atoms with van der Waals surface area (Å²) in [4.78, 5) is 24.3. The van der Waals surface area contributed by atoms with Crippen molar-refractivity contribution in [3.05, 3.63) is 42.1 Å². The second kappa shape index (κ2) is 7.44. The molecule has 0 aliphatic carbocycles. The molecule has 0 bridgehead atoms. The Bertz CT molecular complexity index is 990. The Morgan fingerprint density at radius 3 is 2.56 bits per heavy atom. The first-order chi connectivity index (χ1) is 12.9. The number of carbonyl (C=O) groups excluding carboxylic acids is 1. The third-order valence-corrected chi connectivity index (χ3v) is 3.71. The van der Waals surface area contributed by atoms with Crippen LogP contribution in [0.2, 0.25) is 0 Å². The lowest BCUT2D eigenvalue weighted by Gasteiger charge is -2.12. The Hall–Kier alpha value is -3.43. The van der Waals surface area contributed by atoms with E-state index in [0.29, 0.717) is 11.4 Å². The summed E-state index contributed by atoms with van der Waals surface area (Å²) in [7, 11) is 4.28. The van der Waals surface area contributed by atoms with E-state index >= 15 is 0 Å². The number of pyridine rings is 1. The topological polar surface area (TPSA) is 92.0 Å². The van der Waals surface area contributed by atoms with E-state index in [2.05, 4.69) is 20.1 Å². The van der Waals surface area contributed by atoms with Crippen LogP contribution in [0.3, 0.4) is 0 Å². The van der Waals surface area contributed by atoms with Crippen molar-refractivity contribution in [2.24, 2.45) is 7.05 Å². The molecule has 0 amide bonds. The maximum absolute atomic E-state index is 13.1. The lowest BCUT2D eigenvalue weighted by molar-refractivity contribution is 0.0594. The number of ether oxygens (including phenoxy) is 2. The van der Waals surface area contributed by atoms with Gasteiger partial charge in [-0.05, 0) is 12.1 Å². The summed E-state index contributed by atoms with van der Waals surface area (Å²) in [5, 5.41) is 4.23. The molecule has 0 saturated heterocycles. The SMILES string of the molecule is COC(=O)c1ncc(-c2ccn(C)n2)nc1-c1cc(C(F)F)ncc1OC. The van der Waals surface area contributed by atoms with Crippen LogP contribution in [0.5, 0.6) is 5.75 Å². The van der Waals surface area contributed by atoms with Crippen LogP contribution in [0.15, 0.2) is 30.7 Å². The van der Waals surface area contributed by atoms with Gasteiger partial charge in [0.25, 0.3) is 6.43 Å². The molecule has 8 nitrogen and oxygen atoms in total. The van der Waals surface area contributed by atoms with Gasteiger partial charge in [0.05, 0.1) is 26.6 Å². The van der Waals surface area contributed by atoms with Gasteiger partial charge in [0.1, 0.15) is 28.5 Å². The molecule has 0 fully saturated rings. The van der Waals surface area contributed by atoms with Gasteiger partial charge in [0.15, 0.2) is 5.69 Å². The molecule has 3 aromatic heterocycles. The molecule has 0 unspecified atom stereocenters. The van der Waals surface area contributed by atoms with Crippen LogP contribution in [-0.2, 0) is 11.8 Å². The smallest absolute Gasteiger partial charge is 0.358 e. The van der Waals surface area contributed by atoms with Crippen LogP contribution in [-0.4, -0.2) is 44.9 Å². The molecular weight excluding hydrogens is 360 g/mol. The zero-order valence-corrected chi connectivity index (χ0v) is 14.7. The number of rotatable bonds is 5. The molecule has 27 heavy (non-hydrogen) atoms. The van der Waals surface area contributed by atoms with E-state index < -0.39 is 18.1 Å². The molecule has 0 atom stereocenters. The van der Waals surface area contributed by atoms with E-state index in [4.69, 9.17) is 9.47 Å². The Balaban J connectivity index is 2.25. The van der Waals surface area contributed by atoms with Crippen molar-refractivity contribution in [3.63, 3.8) is 0 Å². The molecule has 0 spiro atoms. The Morgan fingerprint density at radius 1 is 1.19 bits per heavy atom. The minimum absolute atomic E-state index is 0.0335. The first kappa shape index (κ1) is 18.4. The third-order valence-electron chi connectivity index (χ3n) is 3.71. The van der Waals surface area contributed by atoms with Crippen LogP contribution < -0.4 is 4.74 Å². The minimum Gasteiger partial charge on any atom is -0.494 e. The molecule has 0 aliphatic heterocycles. The van der Waals surface area contributed by atoms with Crippen molar-refractivity contribution in [3.8, 4) is 28.4 Å². The highest BCUT2D eigenvalue weighted by molar-refractivity contribution is 5.95. The Kier molecular flexibility index (Phi) is 5.06. The number of esters is 1. The van der Waals surface area contributed by atoms with Gasteiger partial charge < -0.3 is 9.47 Å². The predicted octanol–water partition coefficient (Wildman–Crippen LogP) is 2.67. The van der Waals surface area contributed by atoms with Crippen molar-refractivity contribution in [1.29, 1.82) is 0 Å². The van der Waals surface area contributed by atoms with Crippen molar-refractivity contribution < 1.29 is 23.0 Å². The van der Waals surface area contributed by atoms with Gasteiger partial charge in [0, 0.05) is 18.8 Å². The average molecular weight is 375 g/mol. The Labute approximate surface area is 152 Å².